The summed E-state index contributed by atoms with van der Waals surface area (Å²) in [6.07, 6.45) is 3.53. The van der Waals surface area contributed by atoms with Crippen molar-refractivity contribution in [3.05, 3.63) is 47.0 Å². The summed E-state index contributed by atoms with van der Waals surface area (Å²) in [6, 6.07) is 7.12. The van der Waals surface area contributed by atoms with Gasteiger partial charge in [0.15, 0.2) is 5.78 Å². The van der Waals surface area contributed by atoms with E-state index in [4.69, 9.17) is 11.6 Å². The molecular weight excluding hydrogens is 272 g/mol. The minimum Gasteiger partial charge on any atom is -0.381 e. The number of ketones is 1. The Hall–Kier alpha value is -1.12. The summed E-state index contributed by atoms with van der Waals surface area (Å²) in [7, 11) is 0. The summed E-state index contributed by atoms with van der Waals surface area (Å²) in [5.74, 6) is 0.259. The first kappa shape index (κ1) is 16.9. The fourth-order valence-electron chi connectivity index (χ4n) is 2.07. The minimum absolute atomic E-state index is 0.00773. The van der Waals surface area contributed by atoms with Crippen LogP contribution in [0.15, 0.2) is 36.4 Å². The largest absolute Gasteiger partial charge is 0.381 e. The number of rotatable bonds is 6. The van der Waals surface area contributed by atoms with E-state index in [2.05, 4.69) is 13.8 Å². The summed E-state index contributed by atoms with van der Waals surface area (Å²) in [5.41, 5.74) is -0.410. The maximum atomic E-state index is 11.5. The van der Waals surface area contributed by atoms with E-state index < -0.39 is 5.60 Å². The van der Waals surface area contributed by atoms with Crippen molar-refractivity contribution in [3.8, 4) is 0 Å². The normalized spacial score (nSPS) is 16.4. The fourth-order valence-corrected chi connectivity index (χ4v) is 2.20. The van der Waals surface area contributed by atoms with Crippen LogP contribution in [0.5, 0.6) is 0 Å². The zero-order chi connectivity index (χ0) is 15.3. The topological polar surface area (TPSA) is 37.3 Å². The fraction of sp³-hybridized carbons (Fsp3) is 0.471. The molecule has 0 aliphatic carbocycles. The third-order valence-corrected chi connectivity index (χ3v) is 4.12. The standard InChI is InChI=1S/C17H23ClO2/c1-5-16(19)10-11-17(20,13(4)12(2)3)14-6-8-15(18)9-7-14/h6-13,20H,5H2,1-4H3. The highest BCUT2D eigenvalue weighted by atomic mass is 35.5. The van der Waals surface area contributed by atoms with Gasteiger partial charge in [-0.05, 0) is 41.7 Å². The van der Waals surface area contributed by atoms with Gasteiger partial charge in [0.1, 0.15) is 5.60 Å². The lowest BCUT2D eigenvalue weighted by atomic mass is 9.76. The molecule has 0 aliphatic rings. The molecule has 1 rings (SSSR count). The SMILES string of the molecule is CCC(=O)C=CC(O)(c1ccc(Cl)cc1)C(C)C(C)C. The predicted octanol–water partition coefficient (Wildman–Crippen LogP) is 4.36. The third-order valence-electron chi connectivity index (χ3n) is 3.87. The van der Waals surface area contributed by atoms with Gasteiger partial charge in [-0.1, -0.05) is 51.4 Å². The molecule has 1 aromatic rings. The smallest absolute Gasteiger partial charge is 0.155 e. The maximum Gasteiger partial charge on any atom is 0.155 e. The van der Waals surface area contributed by atoms with Crippen LogP contribution < -0.4 is 0 Å². The second-order valence-corrected chi connectivity index (χ2v) is 5.95. The maximum absolute atomic E-state index is 11.5. The molecule has 2 atom stereocenters. The van der Waals surface area contributed by atoms with Crippen LogP contribution in [0.2, 0.25) is 5.02 Å². The lowest BCUT2D eigenvalue weighted by Crippen LogP contribution is -2.34. The molecule has 2 nitrogen and oxygen atoms in total. The van der Waals surface area contributed by atoms with Gasteiger partial charge < -0.3 is 5.11 Å². The van der Waals surface area contributed by atoms with Crippen LogP contribution in [0.4, 0.5) is 0 Å². The van der Waals surface area contributed by atoms with Crippen LogP contribution in [0.1, 0.15) is 39.7 Å². The molecule has 0 spiro atoms. The molecule has 0 heterocycles. The van der Waals surface area contributed by atoms with Crippen molar-refractivity contribution >= 4 is 17.4 Å². The number of hydrogen-bond acceptors (Lipinski definition) is 2. The first-order valence-electron chi connectivity index (χ1n) is 7.01. The average molecular weight is 295 g/mol. The molecule has 2 unspecified atom stereocenters. The van der Waals surface area contributed by atoms with Crippen molar-refractivity contribution in [3.63, 3.8) is 0 Å². The number of carbonyl (C=O) groups is 1. The Labute approximate surface area is 126 Å². The molecule has 0 saturated carbocycles. The van der Waals surface area contributed by atoms with Gasteiger partial charge in [0, 0.05) is 11.4 Å². The second kappa shape index (κ2) is 7.05. The monoisotopic (exact) mass is 294 g/mol. The van der Waals surface area contributed by atoms with E-state index in [1.165, 1.54) is 6.08 Å². The molecule has 0 aliphatic heterocycles. The van der Waals surface area contributed by atoms with E-state index in [0.717, 1.165) is 5.56 Å². The Kier molecular flexibility index (Phi) is 5.97. The van der Waals surface area contributed by atoms with Crippen LogP contribution in [-0.4, -0.2) is 10.9 Å². The van der Waals surface area contributed by atoms with E-state index in [0.29, 0.717) is 11.4 Å². The van der Waals surface area contributed by atoms with E-state index in [9.17, 15) is 9.90 Å². The zero-order valence-corrected chi connectivity index (χ0v) is 13.3. The van der Waals surface area contributed by atoms with Gasteiger partial charge in [-0.25, -0.2) is 0 Å². The van der Waals surface area contributed by atoms with Crippen molar-refractivity contribution in [2.75, 3.05) is 0 Å². The lowest BCUT2D eigenvalue weighted by molar-refractivity contribution is -0.114. The molecular formula is C17H23ClO2. The van der Waals surface area contributed by atoms with Gasteiger partial charge >= 0.3 is 0 Å². The summed E-state index contributed by atoms with van der Waals surface area (Å²) in [6.45, 7) is 7.90. The van der Waals surface area contributed by atoms with Gasteiger partial charge in [-0.15, -0.1) is 0 Å². The Morgan fingerprint density at radius 1 is 1.30 bits per heavy atom. The quantitative estimate of drug-likeness (QED) is 0.792. The number of halogens is 1. The molecule has 0 aromatic heterocycles. The Balaban J connectivity index is 3.22. The summed E-state index contributed by atoms with van der Waals surface area (Å²) >= 11 is 5.90. The molecule has 0 amide bonds. The molecule has 0 fully saturated rings. The zero-order valence-electron chi connectivity index (χ0n) is 12.6. The summed E-state index contributed by atoms with van der Waals surface area (Å²) in [5, 5.41) is 11.7. The van der Waals surface area contributed by atoms with Crippen LogP contribution in [0.25, 0.3) is 0 Å². The molecule has 0 radical (unpaired) electrons. The van der Waals surface area contributed by atoms with Gasteiger partial charge in [-0.2, -0.15) is 0 Å². The molecule has 110 valence electrons. The van der Waals surface area contributed by atoms with Crippen molar-refractivity contribution < 1.29 is 9.90 Å². The van der Waals surface area contributed by atoms with Gasteiger partial charge in [0.2, 0.25) is 0 Å². The summed E-state index contributed by atoms with van der Waals surface area (Å²) < 4.78 is 0. The van der Waals surface area contributed by atoms with Crippen LogP contribution in [-0.2, 0) is 10.4 Å². The molecule has 1 aromatic carbocycles. The van der Waals surface area contributed by atoms with Crippen LogP contribution in [0, 0.1) is 11.8 Å². The molecule has 0 saturated heterocycles. The number of benzene rings is 1. The van der Waals surface area contributed by atoms with E-state index in [1.54, 1.807) is 25.1 Å². The van der Waals surface area contributed by atoms with E-state index in [1.807, 2.05) is 19.1 Å². The average Bonchev–Trinajstić information content (AvgIpc) is 2.44. The first-order valence-corrected chi connectivity index (χ1v) is 7.39. The first-order chi connectivity index (χ1) is 9.31. The highest BCUT2D eigenvalue weighted by Crippen LogP contribution is 2.36. The van der Waals surface area contributed by atoms with Crippen molar-refractivity contribution in [2.45, 2.75) is 39.7 Å². The molecule has 0 bridgehead atoms. The lowest BCUT2D eigenvalue weighted by Gasteiger charge is -2.34. The minimum atomic E-state index is -1.16. The van der Waals surface area contributed by atoms with Crippen LogP contribution in [0.3, 0.4) is 0 Å². The van der Waals surface area contributed by atoms with Gasteiger partial charge in [0.05, 0.1) is 0 Å². The number of hydrogen-bond donors (Lipinski definition) is 1. The Morgan fingerprint density at radius 2 is 1.85 bits per heavy atom. The van der Waals surface area contributed by atoms with Crippen molar-refractivity contribution in [1.29, 1.82) is 0 Å². The van der Waals surface area contributed by atoms with Crippen LogP contribution >= 0.6 is 11.6 Å². The molecule has 20 heavy (non-hydrogen) atoms. The number of aliphatic hydroxyl groups is 1. The van der Waals surface area contributed by atoms with Gasteiger partial charge in [-0.3, -0.25) is 4.79 Å². The molecule has 1 N–H and O–H groups in total. The predicted molar refractivity (Wildman–Crippen MR) is 83.8 cm³/mol. The third kappa shape index (κ3) is 3.94. The van der Waals surface area contributed by atoms with Crippen molar-refractivity contribution in [1.82, 2.24) is 0 Å². The van der Waals surface area contributed by atoms with Crippen molar-refractivity contribution in [2.24, 2.45) is 11.8 Å². The van der Waals surface area contributed by atoms with E-state index in [-0.39, 0.29) is 17.6 Å². The number of allylic oxidation sites excluding steroid dienone is 1. The van der Waals surface area contributed by atoms with E-state index >= 15 is 0 Å². The van der Waals surface area contributed by atoms with Gasteiger partial charge in [0.25, 0.3) is 0 Å². The molecule has 3 heteroatoms. The highest BCUT2D eigenvalue weighted by molar-refractivity contribution is 6.30. The second-order valence-electron chi connectivity index (χ2n) is 5.52. The summed E-state index contributed by atoms with van der Waals surface area (Å²) in [4.78, 5) is 11.5. The highest BCUT2D eigenvalue weighted by Gasteiger charge is 2.34. The Morgan fingerprint density at radius 3 is 2.30 bits per heavy atom. The number of carbonyl (C=O) groups excluding carboxylic acids is 1. The Bertz CT molecular complexity index is 476.